The van der Waals surface area contributed by atoms with Gasteiger partial charge < -0.3 is 25.1 Å². The molecule has 0 radical (unpaired) electrons. The quantitative estimate of drug-likeness (QED) is 0.426. The zero-order valence-electron chi connectivity index (χ0n) is 19.4. The standard InChI is InChI=1S/C22H25F3N6O4S/c1-34-17-11-14(36(32,33)31-7-9-35-10-8-31)5-6-16(17)28-21-29-19-18(15(12-26-19)22(23,24)25)20(30-21)27-13-3-2-4-13/h5-6,11-13H,2-4,7-10H2,1H3,(H3,26,27,28,29,30). The van der Waals surface area contributed by atoms with Gasteiger partial charge in [-0.25, -0.2) is 8.42 Å². The van der Waals surface area contributed by atoms with E-state index in [0.717, 1.165) is 25.5 Å². The molecule has 5 rings (SSSR count). The van der Waals surface area contributed by atoms with Gasteiger partial charge >= 0.3 is 6.18 Å². The van der Waals surface area contributed by atoms with Crippen LogP contribution >= 0.6 is 0 Å². The third-order valence-electron chi connectivity index (χ3n) is 6.31. The highest BCUT2D eigenvalue weighted by Crippen LogP contribution is 2.39. The summed E-state index contributed by atoms with van der Waals surface area (Å²) in [6.45, 7) is 1.15. The number of hydrogen-bond donors (Lipinski definition) is 3. The Morgan fingerprint density at radius 2 is 1.94 bits per heavy atom. The second kappa shape index (κ2) is 9.41. The molecule has 10 nitrogen and oxygen atoms in total. The summed E-state index contributed by atoms with van der Waals surface area (Å²) in [5.41, 5.74) is -0.469. The van der Waals surface area contributed by atoms with E-state index in [9.17, 15) is 21.6 Å². The molecule has 0 atom stereocenters. The number of morpholine rings is 1. The summed E-state index contributed by atoms with van der Waals surface area (Å²) >= 11 is 0. The van der Waals surface area contributed by atoms with Gasteiger partial charge in [-0.1, -0.05) is 0 Å². The van der Waals surface area contributed by atoms with Crippen LogP contribution in [0, 0.1) is 0 Å². The molecule has 3 N–H and O–H groups in total. The molecule has 1 aliphatic carbocycles. The van der Waals surface area contributed by atoms with Gasteiger partial charge in [0, 0.05) is 31.4 Å². The highest BCUT2D eigenvalue weighted by molar-refractivity contribution is 7.89. The number of methoxy groups -OCH3 is 1. The molecule has 36 heavy (non-hydrogen) atoms. The van der Waals surface area contributed by atoms with Gasteiger partial charge in [0.2, 0.25) is 16.0 Å². The molecule has 14 heteroatoms. The molecule has 2 aromatic heterocycles. The van der Waals surface area contributed by atoms with Crippen molar-refractivity contribution in [1.82, 2.24) is 19.3 Å². The smallest absolute Gasteiger partial charge is 0.418 e. The normalized spacial score (nSPS) is 17.7. The molecule has 1 saturated heterocycles. The van der Waals surface area contributed by atoms with Crippen LogP contribution in [-0.4, -0.2) is 67.1 Å². The Bertz CT molecular complexity index is 1370. The zero-order chi connectivity index (χ0) is 25.5. The number of hydrogen-bond acceptors (Lipinski definition) is 8. The molecule has 2 fully saturated rings. The summed E-state index contributed by atoms with van der Waals surface area (Å²) in [4.78, 5) is 11.2. The number of alkyl halides is 3. The molecule has 1 aromatic carbocycles. The van der Waals surface area contributed by atoms with Gasteiger partial charge in [0.15, 0.2) is 0 Å². The Kier molecular flexibility index (Phi) is 6.43. The number of fused-ring (bicyclic) bond motifs is 1. The minimum absolute atomic E-state index is 0.0205. The van der Waals surface area contributed by atoms with E-state index in [1.54, 1.807) is 0 Å². The third-order valence-corrected chi connectivity index (χ3v) is 8.20. The van der Waals surface area contributed by atoms with Crippen LogP contribution in [0.3, 0.4) is 0 Å². The molecule has 0 bridgehead atoms. The van der Waals surface area contributed by atoms with Gasteiger partial charge in [0.25, 0.3) is 0 Å². The average Bonchev–Trinajstić information content (AvgIpc) is 3.27. The number of rotatable bonds is 7. The first-order valence-corrected chi connectivity index (χ1v) is 12.9. The zero-order valence-corrected chi connectivity index (χ0v) is 20.2. The van der Waals surface area contributed by atoms with Gasteiger partial charge in [0.1, 0.15) is 17.2 Å². The topological polar surface area (TPSA) is 121 Å². The Morgan fingerprint density at radius 3 is 2.58 bits per heavy atom. The monoisotopic (exact) mass is 526 g/mol. The molecule has 1 saturated carbocycles. The van der Waals surface area contributed by atoms with Crippen LogP contribution in [0.15, 0.2) is 29.3 Å². The molecular weight excluding hydrogens is 501 g/mol. The van der Waals surface area contributed by atoms with E-state index in [2.05, 4.69) is 25.6 Å². The van der Waals surface area contributed by atoms with E-state index in [0.29, 0.717) is 18.9 Å². The number of anilines is 3. The van der Waals surface area contributed by atoms with Crippen molar-refractivity contribution < 1.29 is 31.1 Å². The van der Waals surface area contributed by atoms with E-state index < -0.39 is 21.8 Å². The Hall–Kier alpha value is -3.10. The van der Waals surface area contributed by atoms with Crippen molar-refractivity contribution in [3.63, 3.8) is 0 Å². The minimum atomic E-state index is -4.57. The molecule has 3 heterocycles. The van der Waals surface area contributed by atoms with Crippen LogP contribution in [0.2, 0.25) is 0 Å². The predicted octanol–water partition coefficient (Wildman–Crippen LogP) is 3.71. The van der Waals surface area contributed by atoms with E-state index in [1.807, 2.05) is 0 Å². The SMILES string of the molecule is COc1cc(S(=O)(=O)N2CCOCC2)ccc1Nc1nc(NC2CCC2)c2c(C(F)(F)F)c[nH]c2n1. The van der Waals surface area contributed by atoms with Crippen molar-refractivity contribution in [1.29, 1.82) is 0 Å². The lowest BCUT2D eigenvalue weighted by molar-refractivity contribution is -0.136. The number of H-pyrrole nitrogens is 1. The minimum Gasteiger partial charge on any atom is -0.495 e. The molecule has 0 amide bonds. The molecule has 1 aliphatic heterocycles. The number of nitrogens with zero attached hydrogens (tertiary/aromatic N) is 3. The Balaban J connectivity index is 1.48. The maximum atomic E-state index is 13.6. The number of ether oxygens (including phenoxy) is 2. The lowest BCUT2D eigenvalue weighted by Gasteiger charge is -2.27. The first-order valence-electron chi connectivity index (χ1n) is 11.4. The fraction of sp³-hybridized carbons (Fsp3) is 0.455. The van der Waals surface area contributed by atoms with Crippen molar-refractivity contribution in [3.05, 3.63) is 30.0 Å². The number of sulfonamides is 1. The van der Waals surface area contributed by atoms with Gasteiger partial charge in [-0.2, -0.15) is 27.4 Å². The highest BCUT2D eigenvalue weighted by atomic mass is 32.2. The highest BCUT2D eigenvalue weighted by Gasteiger charge is 2.36. The first kappa shape index (κ1) is 24.6. The number of aromatic nitrogens is 3. The van der Waals surface area contributed by atoms with Gasteiger partial charge in [-0.3, -0.25) is 0 Å². The predicted molar refractivity (Wildman–Crippen MR) is 126 cm³/mol. The summed E-state index contributed by atoms with van der Waals surface area (Å²) in [7, 11) is -2.36. The van der Waals surface area contributed by atoms with E-state index in [1.165, 1.54) is 29.6 Å². The van der Waals surface area contributed by atoms with Gasteiger partial charge in [0.05, 0.1) is 41.9 Å². The second-order valence-corrected chi connectivity index (χ2v) is 10.5. The largest absolute Gasteiger partial charge is 0.495 e. The van der Waals surface area contributed by atoms with Crippen molar-refractivity contribution in [2.24, 2.45) is 0 Å². The molecule has 0 spiro atoms. The van der Waals surface area contributed by atoms with E-state index >= 15 is 0 Å². The van der Waals surface area contributed by atoms with Crippen molar-refractivity contribution in [2.75, 3.05) is 44.0 Å². The average molecular weight is 527 g/mol. The molecule has 3 aromatic rings. The van der Waals surface area contributed by atoms with E-state index in [4.69, 9.17) is 9.47 Å². The van der Waals surface area contributed by atoms with Crippen molar-refractivity contribution in [3.8, 4) is 5.75 Å². The number of aromatic amines is 1. The van der Waals surface area contributed by atoms with Gasteiger partial charge in [-0.05, 0) is 31.4 Å². The van der Waals surface area contributed by atoms with Crippen LogP contribution in [-0.2, 0) is 20.9 Å². The number of benzene rings is 1. The lowest BCUT2D eigenvalue weighted by atomic mass is 9.93. The maximum Gasteiger partial charge on any atom is 0.418 e. The van der Waals surface area contributed by atoms with Crippen molar-refractivity contribution in [2.45, 2.75) is 36.4 Å². The lowest BCUT2D eigenvalue weighted by Crippen LogP contribution is -2.40. The van der Waals surface area contributed by atoms with Crippen LogP contribution in [0.25, 0.3) is 11.0 Å². The van der Waals surface area contributed by atoms with Crippen LogP contribution in [0.5, 0.6) is 5.75 Å². The molecule has 2 aliphatic rings. The fourth-order valence-electron chi connectivity index (χ4n) is 4.15. The van der Waals surface area contributed by atoms with E-state index in [-0.39, 0.29) is 52.6 Å². The maximum absolute atomic E-state index is 13.6. The summed E-state index contributed by atoms with van der Waals surface area (Å²) in [6.07, 6.45) is -1.02. The molecule has 194 valence electrons. The Labute approximate surface area is 205 Å². The summed E-state index contributed by atoms with van der Waals surface area (Å²) in [5, 5.41) is 5.93. The summed E-state index contributed by atoms with van der Waals surface area (Å²) in [5.74, 6) is 0.317. The Morgan fingerprint density at radius 1 is 1.19 bits per heavy atom. The molecule has 0 unspecified atom stereocenters. The summed E-state index contributed by atoms with van der Waals surface area (Å²) < 4.78 is 78.7. The van der Waals surface area contributed by atoms with Crippen LogP contribution < -0.4 is 15.4 Å². The molecular formula is C22H25F3N6O4S. The summed E-state index contributed by atoms with van der Waals surface area (Å²) in [6, 6.07) is 4.36. The van der Waals surface area contributed by atoms with Gasteiger partial charge in [-0.15, -0.1) is 0 Å². The van der Waals surface area contributed by atoms with Crippen LogP contribution in [0.4, 0.5) is 30.6 Å². The first-order chi connectivity index (χ1) is 17.2. The van der Waals surface area contributed by atoms with Crippen LogP contribution in [0.1, 0.15) is 24.8 Å². The number of nitrogens with one attached hydrogen (secondary N) is 3. The second-order valence-electron chi connectivity index (χ2n) is 8.60. The fourth-order valence-corrected chi connectivity index (χ4v) is 5.58. The number of halogens is 3. The van der Waals surface area contributed by atoms with Crippen molar-refractivity contribution >= 4 is 38.5 Å². The third kappa shape index (κ3) is 4.67.